The molecule has 0 aliphatic rings. The number of aromatic nitrogens is 6. The number of amides is 1. The van der Waals surface area contributed by atoms with Crippen molar-refractivity contribution in [1.82, 2.24) is 40.8 Å². The Balaban J connectivity index is 1.46. The van der Waals surface area contributed by atoms with Crippen molar-refractivity contribution in [2.45, 2.75) is 19.4 Å². The highest BCUT2D eigenvalue weighted by Crippen LogP contribution is 2.25. The van der Waals surface area contributed by atoms with Crippen molar-refractivity contribution in [3.63, 3.8) is 0 Å². The van der Waals surface area contributed by atoms with Crippen LogP contribution < -0.4 is 10.6 Å². The number of hydrogen-bond acceptors (Lipinski definition) is 7. The average Bonchev–Trinajstić information content (AvgIpc) is 3.55. The largest absolute Gasteiger partial charge is 0.351 e. The van der Waals surface area contributed by atoms with Crippen LogP contribution in [0.15, 0.2) is 48.2 Å². The van der Waals surface area contributed by atoms with Crippen LogP contribution >= 0.6 is 22.9 Å². The minimum Gasteiger partial charge on any atom is -0.351 e. The van der Waals surface area contributed by atoms with Crippen molar-refractivity contribution in [3.05, 3.63) is 75.2 Å². The van der Waals surface area contributed by atoms with Gasteiger partial charge in [-0.05, 0) is 59.5 Å². The van der Waals surface area contributed by atoms with Crippen molar-refractivity contribution in [1.29, 1.82) is 0 Å². The molecule has 3 heterocycles. The lowest BCUT2D eigenvalue weighted by Crippen LogP contribution is -2.30. The zero-order valence-corrected chi connectivity index (χ0v) is 18.3. The van der Waals surface area contributed by atoms with E-state index in [1.54, 1.807) is 17.2 Å². The second-order valence-electron chi connectivity index (χ2n) is 6.81. The number of nitrogens with zero attached hydrogens (tertiary/aromatic N) is 5. The summed E-state index contributed by atoms with van der Waals surface area (Å²) in [6, 6.07) is 8.98. The number of aromatic amines is 1. The molecule has 0 aliphatic heterocycles. The average molecular weight is 457 g/mol. The predicted molar refractivity (Wildman–Crippen MR) is 119 cm³/mol. The van der Waals surface area contributed by atoms with Crippen molar-refractivity contribution in [2.24, 2.45) is 0 Å². The summed E-state index contributed by atoms with van der Waals surface area (Å²) in [7, 11) is 0. The summed E-state index contributed by atoms with van der Waals surface area (Å²) in [4.78, 5) is 20.0. The third-order valence-corrected chi connectivity index (χ3v) is 6.06. The maximum atomic E-state index is 12.1. The van der Waals surface area contributed by atoms with Crippen molar-refractivity contribution in [3.8, 4) is 5.69 Å². The van der Waals surface area contributed by atoms with Crippen LogP contribution in [-0.4, -0.2) is 49.2 Å². The number of imidazole rings is 1. The molecule has 0 saturated carbocycles. The fourth-order valence-electron chi connectivity index (χ4n) is 3.17. The molecule has 1 amide bonds. The molecule has 0 aliphatic carbocycles. The Hall–Kier alpha value is -3.08. The molecule has 1 unspecified atom stereocenters. The van der Waals surface area contributed by atoms with Crippen LogP contribution in [0, 0.1) is 6.92 Å². The predicted octanol–water partition coefficient (Wildman–Crippen LogP) is 2.91. The van der Waals surface area contributed by atoms with Crippen LogP contribution in [0.5, 0.6) is 0 Å². The zero-order chi connectivity index (χ0) is 21.6. The second kappa shape index (κ2) is 9.82. The van der Waals surface area contributed by atoms with Crippen molar-refractivity contribution >= 4 is 28.8 Å². The number of tetrazole rings is 1. The third kappa shape index (κ3) is 4.82. The molecular weight excluding hydrogens is 436 g/mol. The van der Waals surface area contributed by atoms with Gasteiger partial charge < -0.3 is 15.6 Å². The third-order valence-electron chi connectivity index (χ3n) is 4.78. The van der Waals surface area contributed by atoms with E-state index in [4.69, 9.17) is 11.6 Å². The fourth-order valence-corrected chi connectivity index (χ4v) is 3.98. The van der Waals surface area contributed by atoms with Crippen molar-refractivity contribution < 1.29 is 4.79 Å². The fraction of sp³-hybridized carbons (Fsp3) is 0.250. The van der Waals surface area contributed by atoms with E-state index < -0.39 is 0 Å². The van der Waals surface area contributed by atoms with Gasteiger partial charge in [-0.25, -0.2) is 4.98 Å². The summed E-state index contributed by atoms with van der Waals surface area (Å²) in [5.41, 5.74) is 2.53. The maximum absolute atomic E-state index is 12.1. The summed E-state index contributed by atoms with van der Waals surface area (Å²) >= 11 is 7.72. The molecule has 11 heteroatoms. The summed E-state index contributed by atoms with van der Waals surface area (Å²) in [6.07, 6.45) is 4.09. The molecule has 0 radical (unpaired) electrons. The quantitative estimate of drug-likeness (QED) is 0.334. The molecule has 3 aromatic heterocycles. The molecule has 160 valence electrons. The van der Waals surface area contributed by atoms with Gasteiger partial charge in [0.25, 0.3) is 5.91 Å². The number of halogens is 1. The Bertz CT molecular complexity index is 1130. The SMILES string of the molecule is Cc1c(Cl)cccc1-n1nnnc1C(NCCCNC(=O)c1cccs1)c1cnc[nH]1. The van der Waals surface area contributed by atoms with E-state index in [1.165, 1.54) is 11.3 Å². The molecule has 9 nitrogen and oxygen atoms in total. The van der Waals surface area contributed by atoms with E-state index in [0.29, 0.717) is 28.8 Å². The van der Waals surface area contributed by atoms with E-state index in [0.717, 1.165) is 23.4 Å². The Morgan fingerprint density at radius 1 is 1.29 bits per heavy atom. The van der Waals surface area contributed by atoms with E-state index >= 15 is 0 Å². The lowest BCUT2D eigenvalue weighted by atomic mass is 10.1. The number of carbonyl (C=O) groups is 1. The standard InChI is InChI=1S/C20H21ClN8OS/c1-13-14(21)5-2-6-16(13)29-19(26-27-28-29)18(15-11-22-12-25-15)23-8-4-9-24-20(30)17-7-3-10-31-17/h2-3,5-7,10-12,18,23H,4,8-9H2,1H3,(H,22,25)(H,24,30). The molecule has 0 spiro atoms. The molecule has 3 N–H and O–H groups in total. The number of thiophene rings is 1. The Kier molecular flexibility index (Phi) is 6.70. The zero-order valence-electron chi connectivity index (χ0n) is 16.7. The molecule has 4 aromatic rings. The maximum Gasteiger partial charge on any atom is 0.261 e. The highest BCUT2D eigenvalue weighted by molar-refractivity contribution is 7.12. The van der Waals surface area contributed by atoms with Gasteiger partial charge in [0, 0.05) is 17.8 Å². The number of rotatable bonds is 9. The summed E-state index contributed by atoms with van der Waals surface area (Å²) in [6.45, 7) is 3.12. The normalized spacial score (nSPS) is 12.1. The Morgan fingerprint density at radius 3 is 2.97 bits per heavy atom. The molecule has 1 atom stereocenters. The first kappa shape index (κ1) is 21.2. The van der Waals surface area contributed by atoms with Gasteiger partial charge in [0.1, 0.15) is 6.04 Å². The van der Waals surface area contributed by atoms with E-state index in [2.05, 4.69) is 36.1 Å². The Labute approximate surface area is 187 Å². The van der Waals surface area contributed by atoms with Crippen LogP contribution in [0.4, 0.5) is 0 Å². The number of nitrogens with one attached hydrogen (secondary N) is 3. The van der Waals surface area contributed by atoms with Crippen LogP contribution in [0.2, 0.25) is 5.02 Å². The first-order valence-electron chi connectivity index (χ1n) is 9.72. The van der Waals surface area contributed by atoms with Crippen LogP contribution in [0.25, 0.3) is 5.69 Å². The van der Waals surface area contributed by atoms with Gasteiger partial charge in [-0.3, -0.25) is 4.79 Å². The summed E-state index contributed by atoms with van der Waals surface area (Å²) < 4.78 is 1.68. The van der Waals surface area contributed by atoms with Crippen LogP contribution in [-0.2, 0) is 0 Å². The lowest BCUT2D eigenvalue weighted by molar-refractivity contribution is 0.0957. The van der Waals surface area contributed by atoms with Gasteiger partial charge in [-0.15, -0.1) is 16.4 Å². The summed E-state index contributed by atoms with van der Waals surface area (Å²) in [5, 5.41) is 21.3. The number of carbonyl (C=O) groups excluding carboxylic acids is 1. The van der Waals surface area contributed by atoms with Gasteiger partial charge in [-0.2, -0.15) is 4.68 Å². The van der Waals surface area contributed by atoms with Gasteiger partial charge in [-0.1, -0.05) is 23.7 Å². The van der Waals surface area contributed by atoms with Gasteiger partial charge in [0.2, 0.25) is 0 Å². The van der Waals surface area contributed by atoms with Gasteiger partial charge in [0.05, 0.1) is 22.6 Å². The number of hydrogen-bond donors (Lipinski definition) is 3. The molecular formula is C20H21ClN8OS. The minimum absolute atomic E-state index is 0.0551. The van der Waals surface area contributed by atoms with Crippen LogP contribution in [0.1, 0.15) is 39.2 Å². The molecule has 1 aromatic carbocycles. The second-order valence-corrected chi connectivity index (χ2v) is 8.17. The van der Waals surface area contributed by atoms with E-state index in [9.17, 15) is 4.79 Å². The van der Waals surface area contributed by atoms with Gasteiger partial charge >= 0.3 is 0 Å². The Morgan fingerprint density at radius 2 is 2.19 bits per heavy atom. The number of benzene rings is 1. The van der Waals surface area contributed by atoms with Gasteiger partial charge in [0.15, 0.2) is 5.82 Å². The van der Waals surface area contributed by atoms with Crippen LogP contribution in [0.3, 0.4) is 0 Å². The topological polar surface area (TPSA) is 113 Å². The van der Waals surface area contributed by atoms with Crippen molar-refractivity contribution in [2.75, 3.05) is 13.1 Å². The molecule has 0 fully saturated rings. The molecule has 31 heavy (non-hydrogen) atoms. The first-order valence-corrected chi connectivity index (χ1v) is 11.0. The molecule has 0 bridgehead atoms. The molecule has 4 rings (SSSR count). The molecule has 0 saturated heterocycles. The lowest BCUT2D eigenvalue weighted by Gasteiger charge is -2.18. The first-order chi connectivity index (χ1) is 15.1. The smallest absolute Gasteiger partial charge is 0.261 e. The van der Waals surface area contributed by atoms with E-state index in [-0.39, 0.29) is 11.9 Å². The van der Waals surface area contributed by atoms with E-state index in [1.807, 2.05) is 42.6 Å². The minimum atomic E-state index is -0.316. The monoisotopic (exact) mass is 456 g/mol. The summed E-state index contributed by atoms with van der Waals surface area (Å²) in [5.74, 6) is 0.553. The highest BCUT2D eigenvalue weighted by Gasteiger charge is 2.23. The highest BCUT2D eigenvalue weighted by atomic mass is 35.5. The number of H-pyrrole nitrogens is 1.